The third-order valence-corrected chi connectivity index (χ3v) is 5.21. The molecule has 5 heteroatoms. The van der Waals surface area contributed by atoms with Gasteiger partial charge in [-0.05, 0) is 30.1 Å². The molecule has 2 aliphatic rings. The van der Waals surface area contributed by atoms with Crippen LogP contribution >= 0.6 is 0 Å². The van der Waals surface area contributed by atoms with Gasteiger partial charge in [-0.1, -0.05) is 13.8 Å². The second kappa shape index (κ2) is 3.53. The molecule has 2 aliphatic carbocycles. The number of hydrogen-bond acceptors (Lipinski definition) is 3. The van der Waals surface area contributed by atoms with Gasteiger partial charge in [0, 0.05) is 12.3 Å². The molecule has 1 N–H and O–H groups in total. The van der Waals surface area contributed by atoms with E-state index in [-0.39, 0.29) is 28.8 Å². The van der Waals surface area contributed by atoms with Crippen molar-refractivity contribution in [1.29, 1.82) is 0 Å². The lowest BCUT2D eigenvalue weighted by molar-refractivity contribution is -0.124. The Kier molecular flexibility index (Phi) is 2.66. The van der Waals surface area contributed by atoms with E-state index >= 15 is 0 Å². The summed E-state index contributed by atoms with van der Waals surface area (Å²) in [7, 11) is -3.89. The summed E-state index contributed by atoms with van der Waals surface area (Å²) in [6, 6.07) is 0. The summed E-state index contributed by atoms with van der Waals surface area (Å²) < 4.78 is 30.1. The number of ketones is 1. The molecule has 0 aromatic rings. The number of fused-ring (bicyclic) bond motifs is 2. The van der Waals surface area contributed by atoms with Crippen molar-refractivity contribution in [1.82, 2.24) is 0 Å². The maximum absolute atomic E-state index is 11.8. The number of carbonyl (C=O) groups excluding carboxylic acids is 1. The van der Waals surface area contributed by atoms with Gasteiger partial charge >= 0.3 is 0 Å². The summed E-state index contributed by atoms with van der Waals surface area (Å²) in [5.41, 5.74) is 0.0148. The average molecular weight is 246 g/mol. The zero-order valence-corrected chi connectivity index (χ0v) is 10.5. The van der Waals surface area contributed by atoms with E-state index in [2.05, 4.69) is 13.8 Å². The van der Waals surface area contributed by atoms with Crippen molar-refractivity contribution in [2.24, 2.45) is 23.2 Å². The molecule has 4 nitrogen and oxygen atoms in total. The van der Waals surface area contributed by atoms with Gasteiger partial charge in [-0.25, -0.2) is 0 Å². The Morgan fingerprint density at radius 2 is 2.06 bits per heavy atom. The maximum atomic E-state index is 11.8. The van der Waals surface area contributed by atoms with E-state index in [1.54, 1.807) is 0 Å². The van der Waals surface area contributed by atoms with Crippen molar-refractivity contribution in [3.63, 3.8) is 0 Å². The van der Waals surface area contributed by atoms with Gasteiger partial charge in [-0.2, -0.15) is 8.42 Å². The Hall–Kier alpha value is -0.420. The minimum Gasteiger partial charge on any atom is -0.299 e. The van der Waals surface area contributed by atoms with Crippen molar-refractivity contribution in [3.05, 3.63) is 0 Å². The van der Waals surface area contributed by atoms with Gasteiger partial charge in [0.15, 0.2) is 0 Å². The second-order valence-electron chi connectivity index (χ2n) is 5.74. The van der Waals surface area contributed by atoms with E-state index in [0.717, 1.165) is 6.42 Å². The van der Waals surface area contributed by atoms with Crippen LogP contribution in [0.4, 0.5) is 0 Å². The molecule has 0 saturated heterocycles. The van der Waals surface area contributed by atoms with Crippen molar-refractivity contribution >= 4 is 15.9 Å². The van der Waals surface area contributed by atoms with Crippen LogP contribution in [0.25, 0.3) is 0 Å². The molecule has 2 fully saturated rings. The van der Waals surface area contributed by atoms with E-state index in [1.165, 1.54) is 0 Å². The lowest BCUT2D eigenvalue weighted by atomic mass is 9.79. The Labute approximate surface area is 96.2 Å². The van der Waals surface area contributed by atoms with Crippen LogP contribution in [0.2, 0.25) is 0 Å². The molecule has 2 rings (SSSR count). The molecule has 3 atom stereocenters. The fraction of sp³-hybridized carbons (Fsp3) is 0.909. The fourth-order valence-corrected chi connectivity index (χ4v) is 4.25. The highest BCUT2D eigenvalue weighted by Gasteiger charge is 2.57. The molecule has 0 spiro atoms. The van der Waals surface area contributed by atoms with E-state index in [1.807, 2.05) is 0 Å². The van der Waals surface area contributed by atoms with E-state index in [0.29, 0.717) is 18.8 Å². The van der Waals surface area contributed by atoms with Gasteiger partial charge in [-0.3, -0.25) is 9.35 Å². The van der Waals surface area contributed by atoms with Gasteiger partial charge in [0.2, 0.25) is 0 Å². The summed E-state index contributed by atoms with van der Waals surface area (Å²) in [6.07, 6.45) is 1.99. The topological polar surface area (TPSA) is 71.4 Å². The molecule has 0 heterocycles. The van der Waals surface area contributed by atoms with E-state index < -0.39 is 10.1 Å². The predicted octanol–water partition coefficient (Wildman–Crippen LogP) is 1.52. The second-order valence-corrected chi connectivity index (χ2v) is 7.31. The zero-order chi connectivity index (χ0) is 12.1. The fourth-order valence-electron chi connectivity index (χ4n) is 3.65. The molecular formula is C11H18O4S. The third-order valence-electron chi connectivity index (χ3n) is 4.45. The molecule has 0 aromatic heterocycles. The normalized spacial score (nSPS) is 36.9. The van der Waals surface area contributed by atoms with Gasteiger partial charge in [-0.15, -0.1) is 0 Å². The summed E-state index contributed by atoms with van der Waals surface area (Å²) >= 11 is 0. The SMILES string of the molecule is CC1(C)C2CC(=O)C1C(CCS(=O)(=O)O)C2. The standard InChI is InChI=1S/C11H18O4S/c1-11(2)8-5-7(3-4-16(13,14)15)10(11)9(12)6-8/h7-8,10H,3-6H2,1-2H3,(H,13,14,15). The summed E-state index contributed by atoms with van der Waals surface area (Å²) in [5.74, 6) is 0.602. The molecule has 0 radical (unpaired) electrons. The van der Waals surface area contributed by atoms with Crippen LogP contribution in [-0.4, -0.2) is 24.5 Å². The first kappa shape index (κ1) is 12.0. The lowest BCUT2D eigenvalue weighted by Crippen LogP contribution is -2.26. The highest BCUT2D eigenvalue weighted by molar-refractivity contribution is 7.85. The summed E-state index contributed by atoms with van der Waals surface area (Å²) in [5, 5.41) is 0. The molecular weight excluding hydrogens is 228 g/mol. The Balaban J connectivity index is 2.08. The van der Waals surface area contributed by atoms with Gasteiger partial charge in [0.05, 0.1) is 5.75 Å². The molecule has 16 heavy (non-hydrogen) atoms. The Morgan fingerprint density at radius 1 is 1.44 bits per heavy atom. The molecule has 92 valence electrons. The number of Topliss-reactive ketones (excluding diaryl/α,β-unsaturated/α-hetero) is 1. The smallest absolute Gasteiger partial charge is 0.264 e. The number of rotatable bonds is 3. The van der Waals surface area contributed by atoms with Crippen LogP contribution in [0, 0.1) is 23.2 Å². The summed E-state index contributed by atoms with van der Waals surface area (Å²) in [6.45, 7) is 4.20. The predicted molar refractivity (Wildman–Crippen MR) is 59.5 cm³/mol. The van der Waals surface area contributed by atoms with E-state index in [9.17, 15) is 13.2 Å². The molecule has 0 amide bonds. The quantitative estimate of drug-likeness (QED) is 0.766. The number of carbonyl (C=O) groups is 1. The van der Waals surface area contributed by atoms with Crippen LogP contribution in [0.15, 0.2) is 0 Å². The molecule has 0 aromatic carbocycles. The Morgan fingerprint density at radius 3 is 2.50 bits per heavy atom. The zero-order valence-electron chi connectivity index (χ0n) is 9.64. The molecule has 3 unspecified atom stereocenters. The van der Waals surface area contributed by atoms with Gasteiger partial charge in [0.25, 0.3) is 10.1 Å². The first-order chi connectivity index (χ1) is 7.22. The largest absolute Gasteiger partial charge is 0.299 e. The highest BCUT2D eigenvalue weighted by atomic mass is 32.2. The highest BCUT2D eigenvalue weighted by Crippen LogP contribution is 2.59. The minimum absolute atomic E-state index is 0.000694. The van der Waals surface area contributed by atoms with Crippen molar-refractivity contribution < 1.29 is 17.8 Å². The van der Waals surface area contributed by atoms with Crippen LogP contribution in [-0.2, 0) is 14.9 Å². The van der Waals surface area contributed by atoms with Crippen LogP contribution in [0.3, 0.4) is 0 Å². The molecule has 2 bridgehead atoms. The lowest BCUT2D eigenvalue weighted by Gasteiger charge is -2.25. The average Bonchev–Trinajstić information content (AvgIpc) is 2.46. The van der Waals surface area contributed by atoms with Crippen molar-refractivity contribution in [2.45, 2.75) is 33.1 Å². The van der Waals surface area contributed by atoms with E-state index in [4.69, 9.17) is 4.55 Å². The van der Waals surface area contributed by atoms with Crippen LogP contribution in [0.5, 0.6) is 0 Å². The summed E-state index contributed by atoms with van der Waals surface area (Å²) in [4.78, 5) is 11.8. The molecule has 0 aliphatic heterocycles. The first-order valence-corrected chi connectivity index (χ1v) is 7.30. The van der Waals surface area contributed by atoms with Crippen molar-refractivity contribution in [2.75, 3.05) is 5.75 Å². The van der Waals surface area contributed by atoms with Crippen LogP contribution in [0.1, 0.15) is 33.1 Å². The molecule has 2 saturated carbocycles. The van der Waals surface area contributed by atoms with Crippen molar-refractivity contribution in [3.8, 4) is 0 Å². The third kappa shape index (κ3) is 1.91. The first-order valence-electron chi connectivity index (χ1n) is 5.69. The minimum atomic E-state index is -3.89. The number of hydrogen-bond donors (Lipinski definition) is 1. The van der Waals surface area contributed by atoms with Gasteiger partial charge in [0.1, 0.15) is 5.78 Å². The van der Waals surface area contributed by atoms with Gasteiger partial charge < -0.3 is 0 Å². The Bertz CT molecular complexity index is 410. The van der Waals surface area contributed by atoms with Crippen LogP contribution < -0.4 is 0 Å². The monoisotopic (exact) mass is 246 g/mol. The maximum Gasteiger partial charge on any atom is 0.264 e.